The number of aliphatic imine (C=N–C) groups is 1. The minimum absolute atomic E-state index is 0.0617. The number of guanidine groups is 1. The van der Waals surface area contributed by atoms with Gasteiger partial charge in [0.15, 0.2) is 5.96 Å². The summed E-state index contributed by atoms with van der Waals surface area (Å²) < 4.78 is 0. The average Bonchev–Trinajstić information content (AvgIpc) is 2.75. The molecule has 2 aromatic rings. The molecule has 2 atom stereocenters. The van der Waals surface area contributed by atoms with Crippen LogP contribution < -0.4 is 16.0 Å². The summed E-state index contributed by atoms with van der Waals surface area (Å²) >= 11 is 0. The van der Waals surface area contributed by atoms with Crippen molar-refractivity contribution in [1.82, 2.24) is 15.5 Å². The largest absolute Gasteiger partial charge is 0.356 e. The molecule has 2 unspecified atom stereocenters. The molecule has 1 amide bonds. The van der Waals surface area contributed by atoms with Crippen LogP contribution in [0.1, 0.15) is 42.0 Å². The monoisotopic (exact) mass is 407 g/mol. The zero-order valence-electron chi connectivity index (χ0n) is 18.4. The average molecular weight is 408 g/mol. The Morgan fingerprint density at radius 1 is 1.17 bits per heavy atom. The van der Waals surface area contributed by atoms with Gasteiger partial charge in [0.25, 0.3) is 0 Å². The van der Waals surface area contributed by atoms with Crippen molar-refractivity contribution in [2.75, 3.05) is 39.5 Å². The van der Waals surface area contributed by atoms with E-state index in [0.29, 0.717) is 13.0 Å². The van der Waals surface area contributed by atoms with E-state index < -0.39 is 0 Å². The quantitative estimate of drug-likeness (QED) is 0.487. The SMILES string of the molecule is CCc1ccc(C(CNC(=NC)NCC2CC(=O)Nc3ccccc32)N(C)C)cc1. The summed E-state index contributed by atoms with van der Waals surface area (Å²) in [5.74, 6) is 0.932. The van der Waals surface area contributed by atoms with Gasteiger partial charge in [-0.2, -0.15) is 0 Å². The Kier molecular flexibility index (Phi) is 7.46. The first kappa shape index (κ1) is 21.8. The molecule has 0 fully saturated rings. The first-order valence-corrected chi connectivity index (χ1v) is 10.6. The lowest BCUT2D eigenvalue weighted by Gasteiger charge is -2.28. The van der Waals surface area contributed by atoms with Crippen molar-refractivity contribution in [1.29, 1.82) is 0 Å². The van der Waals surface area contributed by atoms with Crippen LogP contribution in [0.3, 0.4) is 0 Å². The molecular weight excluding hydrogens is 374 g/mol. The highest BCUT2D eigenvalue weighted by Crippen LogP contribution is 2.31. The Morgan fingerprint density at radius 3 is 2.57 bits per heavy atom. The maximum atomic E-state index is 12.1. The van der Waals surface area contributed by atoms with E-state index in [1.54, 1.807) is 7.05 Å². The van der Waals surface area contributed by atoms with Crippen molar-refractivity contribution in [3.63, 3.8) is 0 Å². The summed E-state index contributed by atoms with van der Waals surface area (Å²) in [6.07, 6.45) is 1.52. The number of anilines is 1. The standard InChI is InChI=1S/C24H33N5O/c1-5-17-10-12-18(13-11-17)22(29(3)4)16-27-24(25-2)26-15-19-14-23(30)28-21-9-7-6-8-20(19)21/h6-13,19,22H,5,14-16H2,1-4H3,(H,28,30)(H2,25,26,27). The molecule has 0 aromatic heterocycles. The molecule has 0 spiro atoms. The number of nitrogens with one attached hydrogen (secondary N) is 3. The number of rotatable bonds is 7. The maximum Gasteiger partial charge on any atom is 0.225 e. The molecule has 6 nitrogen and oxygen atoms in total. The van der Waals surface area contributed by atoms with Crippen LogP contribution in [0.4, 0.5) is 5.69 Å². The summed E-state index contributed by atoms with van der Waals surface area (Å²) in [7, 11) is 5.96. The van der Waals surface area contributed by atoms with Gasteiger partial charge in [0, 0.05) is 38.2 Å². The van der Waals surface area contributed by atoms with E-state index in [4.69, 9.17) is 0 Å². The number of amides is 1. The summed E-state index contributed by atoms with van der Waals surface area (Å²) in [6, 6.07) is 17.0. The summed E-state index contributed by atoms with van der Waals surface area (Å²) in [6.45, 7) is 3.56. The first-order valence-electron chi connectivity index (χ1n) is 10.6. The smallest absolute Gasteiger partial charge is 0.225 e. The van der Waals surface area contributed by atoms with Crippen LogP contribution in [0.2, 0.25) is 0 Å². The lowest BCUT2D eigenvalue weighted by atomic mass is 9.90. The number of hydrogen-bond acceptors (Lipinski definition) is 3. The second-order valence-corrected chi connectivity index (χ2v) is 7.95. The lowest BCUT2D eigenvalue weighted by Crippen LogP contribution is -2.43. The van der Waals surface area contributed by atoms with Crippen molar-refractivity contribution in [2.24, 2.45) is 4.99 Å². The van der Waals surface area contributed by atoms with E-state index in [0.717, 1.165) is 24.6 Å². The fraction of sp³-hybridized carbons (Fsp3) is 0.417. The van der Waals surface area contributed by atoms with Gasteiger partial charge in [0.1, 0.15) is 0 Å². The van der Waals surface area contributed by atoms with E-state index in [1.807, 2.05) is 18.2 Å². The molecular formula is C24H33N5O. The third kappa shape index (κ3) is 5.39. The van der Waals surface area contributed by atoms with Crippen LogP contribution in [0.15, 0.2) is 53.5 Å². The fourth-order valence-electron chi connectivity index (χ4n) is 3.89. The minimum Gasteiger partial charge on any atom is -0.356 e. The van der Waals surface area contributed by atoms with Crippen LogP contribution in [-0.4, -0.2) is 51.0 Å². The zero-order chi connectivity index (χ0) is 21.5. The molecule has 3 rings (SSSR count). The van der Waals surface area contributed by atoms with Crippen LogP contribution in [0.25, 0.3) is 0 Å². The van der Waals surface area contributed by atoms with Gasteiger partial charge < -0.3 is 20.9 Å². The van der Waals surface area contributed by atoms with Gasteiger partial charge in [-0.15, -0.1) is 0 Å². The van der Waals surface area contributed by atoms with Crippen molar-refractivity contribution in [3.8, 4) is 0 Å². The Bertz CT molecular complexity index is 875. The van der Waals surface area contributed by atoms with Gasteiger partial charge in [0.2, 0.25) is 5.91 Å². The van der Waals surface area contributed by atoms with Gasteiger partial charge in [0.05, 0.1) is 6.04 Å². The third-order valence-electron chi connectivity index (χ3n) is 5.70. The van der Waals surface area contributed by atoms with Crippen LogP contribution >= 0.6 is 0 Å². The number of carbonyl (C=O) groups excluding carboxylic acids is 1. The molecule has 0 radical (unpaired) electrons. The van der Waals surface area contributed by atoms with Crippen molar-refractivity contribution in [3.05, 3.63) is 65.2 Å². The Balaban J connectivity index is 1.60. The fourth-order valence-corrected chi connectivity index (χ4v) is 3.89. The van der Waals surface area contributed by atoms with Crippen LogP contribution in [0, 0.1) is 0 Å². The highest BCUT2D eigenvalue weighted by Gasteiger charge is 2.25. The van der Waals surface area contributed by atoms with Gasteiger partial charge in [-0.25, -0.2) is 0 Å². The van der Waals surface area contributed by atoms with Gasteiger partial charge in [-0.05, 0) is 43.3 Å². The molecule has 1 aliphatic rings. The van der Waals surface area contributed by atoms with E-state index in [1.165, 1.54) is 16.7 Å². The second-order valence-electron chi connectivity index (χ2n) is 7.95. The topological polar surface area (TPSA) is 68.8 Å². The van der Waals surface area contributed by atoms with Gasteiger partial charge >= 0.3 is 0 Å². The molecule has 0 bridgehead atoms. The van der Waals surface area contributed by atoms with Crippen molar-refractivity contribution >= 4 is 17.6 Å². The predicted molar refractivity (Wildman–Crippen MR) is 124 cm³/mol. The molecule has 160 valence electrons. The Labute approximate surface area is 179 Å². The number of para-hydroxylation sites is 1. The number of nitrogens with zero attached hydrogens (tertiary/aromatic N) is 2. The van der Waals surface area contributed by atoms with E-state index in [2.05, 4.69) is 77.2 Å². The Morgan fingerprint density at radius 2 is 1.90 bits per heavy atom. The molecule has 0 saturated heterocycles. The number of benzene rings is 2. The minimum atomic E-state index is 0.0617. The maximum absolute atomic E-state index is 12.1. The number of aryl methyl sites for hydroxylation is 1. The number of hydrogen-bond donors (Lipinski definition) is 3. The summed E-state index contributed by atoms with van der Waals surface area (Å²) in [5.41, 5.74) is 4.70. The lowest BCUT2D eigenvalue weighted by molar-refractivity contribution is -0.116. The van der Waals surface area contributed by atoms with Gasteiger partial charge in [-0.3, -0.25) is 9.79 Å². The zero-order valence-corrected chi connectivity index (χ0v) is 18.4. The molecule has 6 heteroatoms. The second kappa shape index (κ2) is 10.3. The molecule has 30 heavy (non-hydrogen) atoms. The van der Waals surface area contributed by atoms with Gasteiger partial charge in [-0.1, -0.05) is 49.4 Å². The third-order valence-corrected chi connectivity index (χ3v) is 5.70. The summed E-state index contributed by atoms with van der Waals surface area (Å²) in [4.78, 5) is 18.6. The summed E-state index contributed by atoms with van der Waals surface area (Å²) in [5, 5.41) is 9.81. The Hall–Kier alpha value is -2.86. The molecule has 0 saturated carbocycles. The van der Waals surface area contributed by atoms with Crippen molar-refractivity contribution in [2.45, 2.75) is 31.7 Å². The molecule has 1 heterocycles. The molecule has 2 aromatic carbocycles. The van der Waals surface area contributed by atoms with E-state index in [9.17, 15) is 4.79 Å². The number of likely N-dealkylation sites (N-methyl/N-ethyl adjacent to an activating group) is 1. The van der Waals surface area contributed by atoms with E-state index >= 15 is 0 Å². The highest BCUT2D eigenvalue weighted by molar-refractivity contribution is 5.94. The van der Waals surface area contributed by atoms with Crippen LogP contribution in [-0.2, 0) is 11.2 Å². The molecule has 1 aliphatic heterocycles. The number of carbonyl (C=O) groups is 1. The van der Waals surface area contributed by atoms with E-state index in [-0.39, 0.29) is 17.9 Å². The highest BCUT2D eigenvalue weighted by atomic mass is 16.1. The first-order chi connectivity index (χ1) is 14.5. The predicted octanol–water partition coefficient (Wildman–Crippen LogP) is 3.14. The molecule has 0 aliphatic carbocycles. The van der Waals surface area contributed by atoms with Crippen molar-refractivity contribution < 1.29 is 4.79 Å². The van der Waals surface area contributed by atoms with Crippen LogP contribution in [0.5, 0.6) is 0 Å². The normalized spacial score (nSPS) is 17.3. The molecule has 3 N–H and O–H groups in total. The number of fused-ring (bicyclic) bond motifs is 1.